The fraction of sp³-hybridized carbons (Fsp3) is 0.800. The Balaban J connectivity index is 2.57. The fourth-order valence-electron chi connectivity index (χ4n) is 1.67. The monoisotopic (exact) mass is 234 g/mol. The van der Waals surface area contributed by atoms with Gasteiger partial charge in [-0.3, -0.25) is 0 Å². The highest BCUT2D eigenvalue weighted by molar-refractivity contribution is 7.93. The van der Waals surface area contributed by atoms with Crippen LogP contribution in [0.2, 0.25) is 0 Å². The van der Waals surface area contributed by atoms with Gasteiger partial charge < -0.3 is 9.47 Å². The molecule has 5 heteroatoms. The average Bonchev–Trinajstić information content (AvgIpc) is 2.17. The molecule has 0 spiro atoms. The number of sulfone groups is 1. The maximum absolute atomic E-state index is 10.9. The molecule has 1 fully saturated rings. The molecule has 15 heavy (non-hydrogen) atoms. The predicted octanol–water partition coefficient (Wildman–Crippen LogP) is 1.13. The van der Waals surface area contributed by atoms with Crippen molar-refractivity contribution in [1.29, 1.82) is 0 Å². The molecule has 1 rings (SSSR count). The van der Waals surface area contributed by atoms with Crippen molar-refractivity contribution in [2.24, 2.45) is 0 Å². The molecular weight excluding hydrogens is 216 g/mol. The Labute approximate surface area is 91.2 Å². The summed E-state index contributed by atoms with van der Waals surface area (Å²) in [7, 11) is -1.36. The van der Waals surface area contributed by atoms with Crippen LogP contribution < -0.4 is 0 Å². The van der Waals surface area contributed by atoms with Gasteiger partial charge in [-0.25, -0.2) is 8.42 Å². The highest BCUT2D eigenvalue weighted by Crippen LogP contribution is 2.28. The minimum atomic E-state index is -3.03. The maximum atomic E-state index is 10.9. The fourth-order valence-corrected chi connectivity index (χ4v) is 2.12. The molecule has 0 aliphatic carbocycles. The van der Waals surface area contributed by atoms with Crippen molar-refractivity contribution < 1.29 is 17.9 Å². The molecule has 0 unspecified atom stereocenters. The van der Waals surface area contributed by atoms with E-state index in [1.54, 1.807) is 13.2 Å². The molecule has 4 nitrogen and oxygen atoms in total. The van der Waals surface area contributed by atoms with Gasteiger partial charge in [-0.1, -0.05) is 6.08 Å². The summed E-state index contributed by atoms with van der Waals surface area (Å²) in [6.45, 7) is 1.36. The van der Waals surface area contributed by atoms with Crippen molar-refractivity contribution in [2.45, 2.75) is 24.9 Å². The van der Waals surface area contributed by atoms with Crippen molar-refractivity contribution in [3.63, 3.8) is 0 Å². The standard InChI is InChI=1S/C10H18O4S/c1-13-10(5-7-14-8-6-10)4-3-9-15(2,11)12/h3,9H,4-8H2,1-2H3. The molecule has 0 N–H and O–H groups in total. The summed E-state index contributed by atoms with van der Waals surface area (Å²) in [5.41, 5.74) is -0.237. The van der Waals surface area contributed by atoms with Crippen LogP contribution in [0.3, 0.4) is 0 Å². The molecular formula is C10H18O4S. The van der Waals surface area contributed by atoms with Crippen LogP contribution in [0.5, 0.6) is 0 Å². The molecule has 1 aliphatic heterocycles. The second kappa shape index (κ2) is 5.09. The van der Waals surface area contributed by atoms with Crippen LogP contribution >= 0.6 is 0 Å². The summed E-state index contributed by atoms with van der Waals surface area (Å²) in [5.74, 6) is 0. The molecule has 1 aliphatic rings. The number of ether oxygens (including phenoxy) is 2. The Kier molecular flexibility index (Phi) is 4.31. The smallest absolute Gasteiger partial charge is 0.168 e. The number of methoxy groups -OCH3 is 1. The molecule has 0 saturated carbocycles. The first-order valence-corrected chi connectivity index (χ1v) is 6.92. The molecule has 0 aromatic carbocycles. The third-order valence-electron chi connectivity index (χ3n) is 2.67. The number of rotatable bonds is 4. The first-order chi connectivity index (χ1) is 6.97. The Morgan fingerprint density at radius 2 is 2.00 bits per heavy atom. The lowest BCUT2D eigenvalue weighted by Gasteiger charge is -2.35. The van der Waals surface area contributed by atoms with Crippen LogP contribution in [0.25, 0.3) is 0 Å². The third-order valence-corrected chi connectivity index (χ3v) is 3.36. The maximum Gasteiger partial charge on any atom is 0.168 e. The van der Waals surface area contributed by atoms with Crippen LogP contribution in [0.4, 0.5) is 0 Å². The zero-order valence-corrected chi connectivity index (χ0v) is 10.0. The summed E-state index contributed by atoms with van der Waals surface area (Å²) >= 11 is 0. The number of hydrogen-bond donors (Lipinski definition) is 0. The summed E-state index contributed by atoms with van der Waals surface area (Å²) in [6.07, 6.45) is 5.12. The van der Waals surface area contributed by atoms with Crippen LogP contribution in [0.1, 0.15) is 19.3 Å². The van der Waals surface area contributed by atoms with E-state index in [1.807, 2.05) is 0 Å². The third kappa shape index (κ3) is 4.32. The van der Waals surface area contributed by atoms with Gasteiger partial charge in [-0.2, -0.15) is 0 Å². The van der Waals surface area contributed by atoms with Crippen molar-refractivity contribution in [3.8, 4) is 0 Å². The molecule has 0 atom stereocenters. The van der Waals surface area contributed by atoms with Gasteiger partial charge in [0.2, 0.25) is 0 Å². The van der Waals surface area contributed by atoms with Crippen LogP contribution in [0.15, 0.2) is 11.5 Å². The highest BCUT2D eigenvalue weighted by atomic mass is 32.2. The summed E-state index contributed by atoms with van der Waals surface area (Å²) in [5, 5.41) is 1.24. The lowest BCUT2D eigenvalue weighted by atomic mass is 9.90. The van der Waals surface area contributed by atoms with Crippen molar-refractivity contribution in [1.82, 2.24) is 0 Å². The van der Waals surface area contributed by atoms with Crippen molar-refractivity contribution in [3.05, 3.63) is 11.5 Å². The molecule has 0 bridgehead atoms. The van der Waals surface area contributed by atoms with Gasteiger partial charge in [0.15, 0.2) is 9.84 Å². The Hall–Kier alpha value is -0.390. The minimum Gasteiger partial charge on any atom is -0.381 e. The average molecular weight is 234 g/mol. The lowest BCUT2D eigenvalue weighted by molar-refractivity contribution is -0.0872. The Morgan fingerprint density at radius 1 is 1.40 bits per heavy atom. The SMILES string of the molecule is COC1(CC=CS(C)(=O)=O)CCOCC1. The minimum absolute atomic E-state index is 0.237. The van der Waals surface area contributed by atoms with Crippen LogP contribution in [-0.4, -0.2) is 40.6 Å². The second-order valence-corrected chi connectivity index (χ2v) is 5.84. The van der Waals surface area contributed by atoms with Crippen molar-refractivity contribution >= 4 is 9.84 Å². The van der Waals surface area contributed by atoms with E-state index in [-0.39, 0.29) is 5.60 Å². The van der Waals surface area contributed by atoms with E-state index < -0.39 is 9.84 Å². The summed E-state index contributed by atoms with van der Waals surface area (Å²) < 4.78 is 32.5. The molecule has 1 heterocycles. The first kappa shape index (κ1) is 12.7. The second-order valence-electron chi connectivity index (χ2n) is 3.90. The molecule has 0 aromatic heterocycles. The van der Waals surface area contributed by atoms with E-state index in [0.29, 0.717) is 19.6 Å². The van der Waals surface area contributed by atoms with Crippen LogP contribution in [-0.2, 0) is 19.3 Å². The topological polar surface area (TPSA) is 52.6 Å². The quantitative estimate of drug-likeness (QED) is 0.731. The Morgan fingerprint density at radius 3 is 2.47 bits per heavy atom. The van der Waals surface area contributed by atoms with E-state index >= 15 is 0 Å². The summed E-state index contributed by atoms with van der Waals surface area (Å²) in [6, 6.07) is 0. The van der Waals surface area contributed by atoms with E-state index in [2.05, 4.69) is 0 Å². The van der Waals surface area contributed by atoms with Gasteiger partial charge in [0.25, 0.3) is 0 Å². The molecule has 88 valence electrons. The van der Waals surface area contributed by atoms with Gasteiger partial charge in [0, 0.05) is 44.8 Å². The van der Waals surface area contributed by atoms with Gasteiger partial charge in [-0.15, -0.1) is 0 Å². The molecule has 0 aromatic rings. The predicted molar refractivity (Wildman–Crippen MR) is 58.4 cm³/mol. The van der Waals surface area contributed by atoms with Gasteiger partial charge >= 0.3 is 0 Å². The molecule has 0 amide bonds. The van der Waals surface area contributed by atoms with E-state index in [9.17, 15) is 8.42 Å². The zero-order valence-electron chi connectivity index (χ0n) is 9.23. The Bertz CT molecular complexity index is 312. The van der Waals surface area contributed by atoms with Crippen LogP contribution in [0, 0.1) is 0 Å². The molecule has 0 radical (unpaired) electrons. The highest BCUT2D eigenvalue weighted by Gasteiger charge is 2.31. The zero-order chi connectivity index (χ0) is 11.4. The number of hydrogen-bond acceptors (Lipinski definition) is 4. The summed E-state index contributed by atoms with van der Waals surface area (Å²) in [4.78, 5) is 0. The van der Waals surface area contributed by atoms with E-state index in [1.165, 1.54) is 11.7 Å². The normalized spacial score (nSPS) is 22.0. The van der Waals surface area contributed by atoms with Crippen molar-refractivity contribution in [2.75, 3.05) is 26.6 Å². The van der Waals surface area contributed by atoms with E-state index in [4.69, 9.17) is 9.47 Å². The van der Waals surface area contributed by atoms with Gasteiger partial charge in [0.05, 0.1) is 5.60 Å². The van der Waals surface area contributed by atoms with E-state index in [0.717, 1.165) is 12.8 Å². The molecule has 1 saturated heterocycles. The lowest BCUT2D eigenvalue weighted by Crippen LogP contribution is -2.37. The first-order valence-electron chi connectivity index (χ1n) is 4.97. The van der Waals surface area contributed by atoms with Gasteiger partial charge in [-0.05, 0) is 6.42 Å². The van der Waals surface area contributed by atoms with Gasteiger partial charge in [0.1, 0.15) is 0 Å². The largest absolute Gasteiger partial charge is 0.381 e.